The molecule has 1 aromatic carbocycles. The minimum atomic E-state index is 0.0183. The maximum Gasteiger partial charge on any atom is 0.274 e. The minimum absolute atomic E-state index is 0.0183. The summed E-state index contributed by atoms with van der Waals surface area (Å²) >= 11 is 3.07. The highest BCUT2D eigenvalue weighted by Gasteiger charge is 2.10. The van der Waals surface area contributed by atoms with Crippen LogP contribution in [0.1, 0.15) is 10.4 Å². The molecule has 0 aliphatic heterocycles. The molecular weight excluding hydrogens is 288 g/mol. The maximum atomic E-state index is 12.5. The van der Waals surface area contributed by atoms with Gasteiger partial charge in [-0.1, -0.05) is 23.5 Å². The fourth-order valence-electron chi connectivity index (χ4n) is 2.28. The Balaban J connectivity index is 2.08. The van der Waals surface area contributed by atoms with E-state index in [2.05, 4.69) is 4.98 Å². The van der Waals surface area contributed by atoms with Gasteiger partial charge in [-0.3, -0.25) is 4.79 Å². The van der Waals surface area contributed by atoms with E-state index >= 15 is 0 Å². The summed E-state index contributed by atoms with van der Waals surface area (Å²) in [5, 5.41) is 2.01. The smallest absolute Gasteiger partial charge is 0.267 e. The first-order chi connectivity index (χ1) is 9.72. The lowest BCUT2D eigenvalue weighted by molar-refractivity contribution is 1.19. The standard InChI is InChI=1S/C15H10N2OS2/c1-9-4-5-12-11(7-9)16-15-17(12)14(18)13(20-15)8-10-3-2-6-19-10/h2-8H,1H3/b13-8-. The van der Waals surface area contributed by atoms with Crippen LogP contribution in [0, 0.1) is 6.92 Å². The lowest BCUT2D eigenvalue weighted by Crippen LogP contribution is -2.22. The molecule has 20 heavy (non-hydrogen) atoms. The van der Waals surface area contributed by atoms with E-state index in [4.69, 9.17) is 0 Å². The average Bonchev–Trinajstić information content (AvgIpc) is 3.09. The molecule has 0 N–H and O–H groups in total. The van der Waals surface area contributed by atoms with Crippen LogP contribution in [0.25, 0.3) is 22.1 Å². The molecule has 0 saturated carbocycles. The Hall–Kier alpha value is -1.98. The zero-order chi connectivity index (χ0) is 13.7. The Morgan fingerprint density at radius 1 is 1.30 bits per heavy atom. The Morgan fingerprint density at radius 3 is 3.00 bits per heavy atom. The van der Waals surface area contributed by atoms with Gasteiger partial charge < -0.3 is 0 Å². The lowest BCUT2D eigenvalue weighted by atomic mass is 10.2. The fraction of sp³-hybridized carbons (Fsp3) is 0.0667. The predicted molar refractivity (Wildman–Crippen MR) is 84.7 cm³/mol. The zero-order valence-corrected chi connectivity index (χ0v) is 12.3. The number of fused-ring (bicyclic) bond motifs is 3. The molecule has 0 spiro atoms. The van der Waals surface area contributed by atoms with E-state index in [0.29, 0.717) is 0 Å². The molecule has 0 aliphatic rings. The third kappa shape index (κ3) is 1.71. The molecule has 3 aromatic heterocycles. The molecule has 98 valence electrons. The molecule has 0 radical (unpaired) electrons. The third-order valence-corrected chi connectivity index (χ3v) is 5.00. The number of imidazole rings is 1. The number of aromatic nitrogens is 2. The second-order valence-corrected chi connectivity index (χ2v) is 6.64. The molecule has 0 bridgehead atoms. The molecular formula is C15H10N2OS2. The van der Waals surface area contributed by atoms with Gasteiger partial charge in [0.15, 0.2) is 4.96 Å². The molecule has 3 heterocycles. The quantitative estimate of drug-likeness (QED) is 0.541. The number of benzene rings is 1. The largest absolute Gasteiger partial charge is 0.274 e. The molecule has 4 aromatic rings. The summed E-state index contributed by atoms with van der Waals surface area (Å²) in [5.41, 5.74) is 2.94. The first-order valence-corrected chi connectivity index (χ1v) is 7.89. The Morgan fingerprint density at radius 2 is 2.20 bits per heavy atom. The van der Waals surface area contributed by atoms with Crippen LogP contribution in [0.5, 0.6) is 0 Å². The van der Waals surface area contributed by atoms with E-state index in [1.165, 1.54) is 11.3 Å². The Kier molecular flexibility index (Phi) is 2.52. The number of nitrogens with zero attached hydrogens (tertiary/aromatic N) is 2. The van der Waals surface area contributed by atoms with Gasteiger partial charge in [0.1, 0.15) is 0 Å². The van der Waals surface area contributed by atoms with Gasteiger partial charge in [-0.2, -0.15) is 0 Å². The molecule has 4 rings (SSSR count). The van der Waals surface area contributed by atoms with Crippen molar-refractivity contribution in [2.45, 2.75) is 6.92 Å². The number of aryl methyl sites for hydroxylation is 1. The number of rotatable bonds is 1. The lowest BCUT2D eigenvalue weighted by Gasteiger charge is -1.91. The number of hydrogen-bond donors (Lipinski definition) is 0. The van der Waals surface area contributed by atoms with Crippen molar-refractivity contribution < 1.29 is 0 Å². The van der Waals surface area contributed by atoms with E-state index in [1.54, 1.807) is 15.7 Å². The van der Waals surface area contributed by atoms with Crippen molar-refractivity contribution in [1.29, 1.82) is 0 Å². The highest BCUT2D eigenvalue weighted by Crippen LogP contribution is 2.18. The number of hydrogen-bond acceptors (Lipinski definition) is 4. The van der Waals surface area contributed by atoms with Gasteiger partial charge in [-0.15, -0.1) is 11.3 Å². The molecule has 0 aliphatic carbocycles. The Bertz CT molecular complexity index is 1030. The molecule has 0 fully saturated rings. The molecule has 5 heteroatoms. The predicted octanol–water partition coefficient (Wildman–Crippen LogP) is 2.83. The van der Waals surface area contributed by atoms with Crippen LogP contribution in [0.15, 0.2) is 40.5 Å². The van der Waals surface area contributed by atoms with Crippen LogP contribution in [0.3, 0.4) is 0 Å². The van der Waals surface area contributed by atoms with Gasteiger partial charge in [-0.05, 0) is 42.1 Å². The van der Waals surface area contributed by atoms with Gasteiger partial charge in [0, 0.05) is 4.88 Å². The van der Waals surface area contributed by atoms with Crippen LogP contribution < -0.4 is 10.1 Å². The summed E-state index contributed by atoms with van der Waals surface area (Å²) in [7, 11) is 0. The Labute approximate surface area is 122 Å². The highest BCUT2D eigenvalue weighted by atomic mass is 32.1. The molecule has 0 saturated heterocycles. The van der Waals surface area contributed by atoms with Gasteiger partial charge >= 0.3 is 0 Å². The van der Waals surface area contributed by atoms with Crippen LogP contribution in [-0.4, -0.2) is 9.38 Å². The van der Waals surface area contributed by atoms with E-state index < -0.39 is 0 Å². The van der Waals surface area contributed by atoms with Crippen molar-refractivity contribution in [3.8, 4) is 0 Å². The first kappa shape index (κ1) is 11.8. The number of thiazole rings is 1. The van der Waals surface area contributed by atoms with Crippen molar-refractivity contribution >= 4 is 44.7 Å². The van der Waals surface area contributed by atoms with Crippen molar-refractivity contribution in [2.24, 2.45) is 0 Å². The SMILES string of the molecule is Cc1ccc2c(c1)nc1s/c(=C\c3cccs3)c(=O)n12. The van der Waals surface area contributed by atoms with Crippen molar-refractivity contribution in [2.75, 3.05) is 0 Å². The third-order valence-electron chi connectivity index (χ3n) is 3.21. The van der Waals surface area contributed by atoms with Gasteiger partial charge in [0.05, 0.1) is 15.6 Å². The van der Waals surface area contributed by atoms with Crippen LogP contribution >= 0.6 is 22.7 Å². The highest BCUT2D eigenvalue weighted by molar-refractivity contribution is 7.15. The topological polar surface area (TPSA) is 34.4 Å². The molecule has 3 nitrogen and oxygen atoms in total. The second kappa shape index (κ2) is 4.26. The second-order valence-electron chi connectivity index (χ2n) is 4.65. The van der Waals surface area contributed by atoms with E-state index in [1.807, 2.05) is 48.7 Å². The van der Waals surface area contributed by atoms with Crippen LogP contribution in [-0.2, 0) is 0 Å². The normalized spacial score (nSPS) is 12.8. The number of thiophene rings is 1. The van der Waals surface area contributed by atoms with E-state index in [9.17, 15) is 4.79 Å². The monoisotopic (exact) mass is 298 g/mol. The minimum Gasteiger partial charge on any atom is -0.267 e. The van der Waals surface area contributed by atoms with E-state index in [-0.39, 0.29) is 5.56 Å². The molecule has 0 unspecified atom stereocenters. The van der Waals surface area contributed by atoms with Crippen molar-refractivity contribution in [1.82, 2.24) is 9.38 Å². The van der Waals surface area contributed by atoms with Gasteiger partial charge in [0.2, 0.25) is 0 Å². The summed E-state index contributed by atoms with van der Waals surface area (Å²) in [4.78, 5) is 18.9. The van der Waals surface area contributed by atoms with Gasteiger partial charge in [-0.25, -0.2) is 9.38 Å². The average molecular weight is 298 g/mol. The summed E-state index contributed by atoms with van der Waals surface area (Å²) in [6.07, 6.45) is 1.94. The summed E-state index contributed by atoms with van der Waals surface area (Å²) in [6, 6.07) is 9.98. The van der Waals surface area contributed by atoms with Crippen LogP contribution in [0.4, 0.5) is 0 Å². The first-order valence-electron chi connectivity index (χ1n) is 6.19. The molecule has 0 amide bonds. The van der Waals surface area contributed by atoms with E-state index in [0.717, 1.165) is 31.0 Å². The zero-order valence-electron chi connectivity index (χ0n) is 10.7. The van der Waals surface area contributed by atoms with Gasteiger partial charge in [0.25, 0.3) is 5.56 Å². The van der Waals surface area contributed by atoms with Crippen molar-refractivity contribution in [3.05, 3.63) is 61.0 Å². The fourth-order valence-corrected chi connectivity index (χ4v) is 3.99. The maximum absolute atomic E-state index is 12.5. The summed E-state index contributed by atoms with van der Waals surface area (Å²) in [5.74, 6) is 0. The van der Waals surface area contributed by atoms with Crippen LogP contribution in [0.2, 0.25) is 0 Å². The molecule has 0 atom stereocenters. The summed E-state index contributed by atoms with van der Waals surface area (Å²) in [6.45, 7) is 2.03. The summed E-state index contributed by atoms with van der Waals surface area (Å²) < 4.78 is 2.44. The van der Waals surface area contributed by atoms with Crippen molar-refractivity contribution in [3.63, 3.8) is 0 Å².